The minimum absolute atomic E-state index is 0.155. The highest BCUT2D eigenvalue weighted by molar-refractivity contribution is 14.1. The van der Waals surface area contributed by atoms with E-state index >= 15 is 0 Å². The highest BCUT2D eigenvalue weighted by Gasteiger charge is 2.21. The Balaban J connectivity index is 3.23. The Hall–Kier alpha value is -0.790. The monoisotopic (exact) mass is 341 g/mol. The van der Waals surface area contributed by atoms with Gasteiger partial charge in [0.15, 0.2) is 0 Å². The maximum Gasteiger partial charge on any atom is 0.310 e. The molecule has 0 unspecified atom stereocenters. The molecular weight excluding hydrogens is 331 g/mol. The third-order valence-corrected chi connectivity index (χ3v) is 3.07. The van der Waals surface area contributed by atoms with Gasteiger partial charge in [-0.3, -0.25) is 9.78 Å². The summed E-state index contributed by atoms with van der Waals surface area (Å²) in [5.74, 6) is -0.537. The number of halogens is 3. The van der Waals surface area contributed by atoms with E-state index in [0.29, 0.717) is 9.13 Å². The Bertz CT molecular complexity index is 410. The zero-order chi connectivity index (χ0) is 12.3. The smallest absolute Gasteiger partial charge is 0.310 e. The summed E-state index contributed by atoms with van der Waals surface area (Å²) in [5.41, 5.74) is 0.376. The van der Waals surface area contributed by atoms with Crippen molar-refractivity contribution >= 4 is 28.6 Å². The van der Waals surface area contributed by atoms with E-state index in [0.717, 1.165) is 0 Å². The zero-order valence-corrected chi connectivity index (χ0v) is 10.9. The maximum absolute atomic E-state index is 12.8. The lowest BCUT2D eigenvalue weighted by atomic mass is 10.0. The van der Waals surface area contributed by atoms with Crippen LogP contribution in [0.5, 0.6) is 0 Å². The van der Waals surface area contributed by atoms with Gasteiger partial charge in [0.1, 0.15) is 0 Å². The quantitative estimate of drug-likeness (QED) is 0.627. The molecule has 0 aliphatic heterocycles. The summed E-state index contributed by atoms with van der Waals surface area (Å²) in [5, 5.41) is 0. The average molecular weight is 341 g/mol. The summed E-state index contributed by atoms with van der Waals surface area (Å²) in [4.78, 5) is 15.0. The van der Waals surface area contributed by atoms with Crippen molar-refractivity contribution in [2.75, 3.05) is 7.11 Å². The lowest BCUT2D eigenvalue weighted by Gasteiger charge is -2.12. The Labute approximate surface area is 105 Å². The van der Waals surface area contributed by atoms with Crippen molar-refractivity contribution in [3.05, 3.63) is 26.6 Å². The molecule has 88 valence electrons. The fourth-order valence-electron chi connectivity index (χ4n) is 1.33. The van der Waals surface area contributed by atoms with Gasteiger partial charge in [0, 0.05) is 21.0 Å². The number of nitrogens with zero attached hydrogens (tertiary/aromatic N) is 1. The second-order valence-electron chi connectivity index (χ2n) is 3.14. The summed E-state index contributed by atoms with van der Waals surface area (Å²) in [6.07, 6.45) is -1.32. The first-order valence-electron chi connectivity index (χ1n) is 4.46. The van der Waals surface area contributed by atoms with Crippen LogP contribution in [0.3, 0.4) is 0 Å². The van der Waals surface area contributed by atoms with Crippen molar-refractivity contribution in [2.45, 2.75) is 19.8 Å². The predicted molar refractivity (Wildman–Crippen MR) is 62.4 cm³/mol. The predicted octanol–water partition coefficient (Wildman–Crippen LogP) is 2.65. The second-order valence-corrected chi connectivity index (χ2v) is 4.30. The molecule has 0 spiro atoms. The van der Waals surface area contributed by atoms with Crippen molar-refractivity contribution in [2.24, 2.45) is 0 Å². The van der Waals surface area contributed by atoms with Gasteiger partial charge < -0.3 is 4.74 Å². The number of ether oxygens (including phenoxy) is 1. The molecule has 0 aromatic carbocycles. The maximum atomic E-state index is 12.8. The number of aryl methyl sites for hydroxylation is 1. The number of carbonyl (C=O) groups is 1. The molecule has 16 heavy (non-hydrogen) atoms. The van der Waals surface area contributed by atoms with Crippen LogP contribution >= 0.6 is 22.6 Å². The van der Waals surface area contributed by atoms with Gasteiger partial charge in [-0.1, -0.05) is 0 Å². The number of pyridine rings is 1. The highest BCUT2D eigenvalue weighted by atomic mass is 127. The van der Waals surface area contributed by atoms with Gasteiger partial charge in [0.2, 0.25) is 0 Å². The van der Waals surface area contributed by atoms with Crippen LogP contribution in [0.2, 0.25) is 0 Å². The van der Waals surface area contributed by atoms with Crippen LogP contribution in [-0.4, -0.2) is 18.1 Å². The van der Waals surface area contributed by atoms with Crippen LogP contribution in [0.25, 0.3) is 0 Å². The Morgan fingerprint density at radius 1 is 1.62 bits per heavy atom. The minimum Gasteiger partial charge on any atom is -0.469 e. The van der Waals surface area contributed by atoms with Gasteiger partial charge in [0.05, 0.1) is 13.5 Å². The van der Waals surface area contributed by atoms with E-state index in [2.05, 4.69) is 9.72 Å². The van der Waals surface area contributed by atoms with E-state index in [4.69, 9.17) is 0 Å². The molecule has 3 nitrogen and oxygen atoms in total. The first-order valence-corrected chi connectivity index (χ1v) is 5.54. The topological polar surface area (TPSA) is 39.2 Å². The number of rotatable bonds is 3. The summed E-state index contributed by atoms with van der Waals surface area (Å²) in [6.45, 7) is 1.50. The summed E-state index contributed by atoms with van der Waals surface area (Å²) >= 11 is 1.88. The molecule has 0 aliphatic rings. The van der Waals surface area contributed by atoms with Crippen molar-refractivity contribution in [1.29, 1.82) is 0 Å². The van der Waals surface area contributed by atoms with E-state index in [1.165, 1.54) is 20.2 Å². The van der Waals surface area contributed by atoms with Gasteiger partial charge in [-0.25, -0.2) is 8.78 Å². The number of hydrogen-bond donors (Lipinski definition) is 0. The fraction of sp³-hybridized carbons (Fsp3) is 0.400. The van der Waals surface area contributed by atoms with Crippen LogP contribution < -0.4 is 0 Å². The van der Waals surface area contributed by atoms with E-state index in [1.807, 2.05) is 22.6 Å². The molecule has 1 heterocycles. The number of carbonyl (C=O) groups excluding carboxylic acids is 1. The number of alkyl halides is 2. The van der Waals surface area contributed by atoms with Gasteiger partial charge in [-0.05, 0) is 35.1 Å². The Morgan fingerprint density at radius 3 is 2.75 bits per heavy atom. The molecule has 1 rings (SSSR count). The first-order chi connectivity index (χ1) is 7.47. The minimum atomic E-state index is -2.64. The van der Waals surface area contributed by atoms with Crippen LogP contribution in [0.4, 0.5) is 8.78 Å². The zero-order valence-electron chi connectivity index (χ0n) is 8.76. The molecule has 0 atom stereocenters. The number of hydrogen-bond acceptors (Lipinski definition) is 3. The fourth-order valence-corrected chi connectivity index (χ4v) is 1.95. The molecule has 0 bridgehead atoms. The van der Waals surface area contributed by atoms with Gasteiger partial charge in [0.25, 0.3) is 6.43 Å². The molecule has 0 radical (unpaired) electrons. The van der Waals surface area contributed by atoms with E-state index in [-0.39, 0.29) is 17.7 Å². The molecule has 0 aliphatic carbocycles. The average Bonchev–Trinajstić information content (AvgIpc) is 2.22. The van der Waals surface area contributed by atoms with E-state index < -0.39 is 12.4 Å². The van der Waals surface area contributed by atoms with Crippen LogP contribution in [0.1, 0.15) is 23.2 Å². The third-order valence-electron chi connectivity index (χ3n) is 2.14. The summed E-state index contributed by atoms with van der Waals surface area (Å²) in [6, 6.07) is 0. The first kappa shape index (κ1) is 13.3. The normalized spacial score (nSPS) is 10.6. The van der Waals surface area contributed by atoms with E-state index in [1.54, 1.807) is 0 Å². The molecule has 0 fully saturated rings. The molecule has 0 saturated carbocycles. The standard InChI is InChI=1S/C10H10F2INO2/c1-5-9(10(11)12)6(3-8(15)16-2)7(13)4-14-5/h4,10H,3H2,1-2H3. The van der Waals surface area contributed by atoms with Crippen molar-refractivity contribution in [3.63, 3.8) is 0 Å². The Kier molecular flexibility index (Phi) is 4.57. The molecule has 1 aromatic rings. The van der Waals surface area contributed by atoms with Gasteiger partial charge in [-0.15, -0.1) is 0 Å². The molecule has 1 aromatic heterocycles. The SMILES string of the molecule is COC(=O)Cc1c(I)cnc(C)c1C(F)F. The van der Waals surface area contributed by atoms with Gasteiger partial charge in [-0.2, -0.15) is 0 Å². The lowest BCUT2D eigenvalue weighted by Crippen LogP contribution is -2.11. The molecular formula is C10H10F2INO2. The van der Waals surface area contributed by atoms with Crippen molar-refractivity contribution < 1.29 is 18.3 Å². The van der Waals surface area contributed by atoms with E-state index in [9.17, 15) is 13.6 Å². The summed E-state index contributed by atoms with van der Waals surface area (Å²) < 4.78 is 30.7. The molecule has 6 heteroatoms. The second kappa shape index (κ2) is 5.51. The number of methoxy groups -OCH3 is 1. The number of aromatic nitrogens is 1. The van der Waals surface area contributed by atoms with Gasteiger partial charge >= 0.3 is 5.97 Å². The summed E-state index contributed by atoms with van der Waals surface area (Å²) in [7, 11) is 1.23. The van der Waals surface area contributed by atoms with Crippen molar-refractivity contribution in [3.8, 4) is 0 Å². The highest BCUT2D eigenvalue weighted by Crippen LogP contribution is 2.28. The lowest BCUT2D eigenvalue weighted by molar-refractivity contribution is -0.139. The van der Waals surface area contributed by atoms with Crippen molar-refractivity contribution in [1.82, 2.24) is 4.98 Å². The van der Waals surface area contributed by atoms with Crippen LogP contribution in [0.15, 0.2) is 6.20 Å². The molecule has 0 saturated heterocycles. The van der Waals surface area contributed by atoms with Crippen LogP contribution in [-0.2, 0) is 16.0 Å². The Morgan fingerprint density at radius 2 is 2.25 bits per heavy atom. The third kappa shape index (κ3) is 2.87. The molecule has 0 amide bonds. The van der Waals surface area contributed by atoms with Crippen LogP contribution in [0, 0.1) is 10.5 Å². The largest absolute Gasteiger partial charge is 0.469 e. The number of esters is 1. The molecule has 0 N–H and O–H groups in total.